The van der Waals surface area contributed by atoms with E-state index >= 15 is 0 Å². The molecule has 0 aliphatic carbocycles. The molecule has 0 radical (unpaired) electrons. The number of alkyl halides is 1. The first-order valence-electron chi connectivity index (χ1n) is 5.17. The number of hydrogen-bond donors (Lipinski definition) is 0. The molecule has 13 heavy (non-hydrogen) atoms. The van der Waals surface area contributed by atoms with E-state index in [9.17, 15) is 0 Å². The minimum Gasteiger partial charge on any atom is -0.373 e. The molecular weight excluding hydrogens is 279 g/mol. The summed E-state index contributed by atoms with van der Waals surface area (Å²) >= 11 is 2.40. The highest BCUT2D eigenvalue weighted by Crippen LogP contribution is 2.19. The van der Waals surface area contributed by atoms with E-state index in [0.29, 0.717) is 12.2 Å². The number of unbranched alkanes of at least 4 members (excludes halogenated alkanes) is 1. The van der Waals surface area contributed by atoms with E-state index in [4.69, 9.17) is 9.47 Å². The number of ether oxygens (including phenoxy) is 2. The van der Waals surface area contributed by atoms with Gasteiger partial charge in [0.2, 0.25) is 0 Å². The van der Waals surface area contributed by atoms with Crippen molar-refractivity contribution in [2.75, 3.05) is 17.6 Å². The third kappa shape index (κ3) is 4.13. The lowest BCUT2D eigenvalue weighted by Gasteiger charge is -2.31. The number of rotatable bonds is 5. The van der Waals surface area contributed by atoms with Crippen LogP contribution < -0.4 is 0 Å². The van der Waals surface area contributed by atoms with Gasteiger partial charge in [-0.1, -0.05) is 42.4 Å². The molecule has 0 aromatic heterocycles. The smallest absolute Gasteiger partial charge is 0.0845 e. The molecule has 1 saturated heterocycles. The largest absolute Gasteiger partial charge is 0.373 e. The molecule has 0 amide bonds. The second-order valence-electron chi connectivity index (χ2n) is 3.44. The molecule has 0 spiro atoms. The summed E-state index contributed by atoms with van der Waals surface area (Å²) in [6, 6.07) is 0. The highest BCUT2D eigenvalue weighted by Gasteiger charge is 2.25. The molecule has 1 aliphatic rings. The zero-order valence-electron chi connectivity index (χ0n) is 8.30. The van der Waals surface area contributed by atoms with Gasteiger partial charge >= 0.3 is 0 Å². The van der Waals surface area contributed by atoms with Crippen molar-refractivity contribution in [3.05, 3.63) is 0 Å². The van der Waals surface area contributed by atoms with Gasteiger partial charge in [-0.05, 0) is 12.8 Å². The van der Waals surface area contributed by atoms with Gasteiger partial charge in [0.25, 0.3) is 0 Å². The van der Waals surface area contributed by atoms with Crippen LogP contribution in [0.1, 0.15) is 32.6 Å². The predicted molar refractivity (Wildman–Crippen MR) is 62.5 cm³/mol. The first-order chi connectivity index (χ1) is 6.38. The van der Waals surface area contributed by atoms with Gasteiger partial charge in [-0.3, -0.25) is 0 Å². The van der Waals surface area contributed by atoms with Crippen LogP contribution in [0.4, 0.5) is 0 Å². The lowest BCUT2D eigenvalue weighted by molar-refractivity contribution is -0.142. The van der Waals surface area contributed by atoms with Crippen LogP contribution in [-0.4, -0.2) is 29.8 Å². The summed E-state index contributed by atoms with van der Waals surface area (Å²) in [5.41, 5.74) is 0. The SMILES string of the molecule is CCCCC1OCCOC1CCI. The fourth-order valence-electron chi connectivity index (χ4n) is 1.66. The number of halogens is 1. The topological polar surface area (TPSA) is 18.5 Å². The van der Waals surface area contributed by atoms with Crippen molar-refractivity contribution < 1.29 is 9.47 Å². The molecule has 3 heteroatoms. The Morgan fingerprint density at radius 3 is 2.31 bits per heavy atom. The Morgan fingerprint density at radius 1 is 1.15 bits per heavy atom. The van der Waals surface area contributed by atoms with Gasteiger partial charge in [0.15, 0.2) is 0 Å². The summed E-state index contributed by atoms with van der Waals surface area (Å²) in [5.74, 6) is 0. The monoisotopic (exact) mass is 298 g/mol. The van der Waals surface area contributed by atoms with Gasteiger partial charge in [0.05, 0.1) is 25.4 Å². The third-order valence-electron chi connectivity index (χ3n) is 2.40. The van der Waals surface area contributed by atoms with E-state index < -0.39 is 0 Å². The predicted octanol–water partition coefficient (Wildman–Crippen LogP) is 2.79. The third-order valence-corrected chi connectivity index (χ3v) is 3.02. The summed E-state index contributed by atoms with van der Waals surface area (Å²) in [7, 11) is 0. The fraction of sp³-hybridized carbons (Fsp3) is 1.00. The van der Waals surface area contributed by atoms with Gasteiger partial charge in [0.1, 0.15) is 0 Å². The van der Waals surface area contributed by atoms with Crippen LogP contribution in [0, 0.1) is 0 Å². The molecule has 0 bridgehead atoms. The summed E-state index contributed by atoms with van der Waals surface area (Å²) < 4.78 is 12.6. The van der Waals surface area contributed by atoms with Gasteiger partial charge in [-0.15, -0.1) is 0 Å². The first-order valence-corrected chi connectivity index (χ1v) is 6.70. The quantitative estimate of drug-likeness (QED) is 0.574. The van der Waals surface area contributed by atoms with Crippen molar-refractivity contribution in [3.63, 3.8) is 0 Å². The maximum Gasteiger partial charge on any atom is 0.0845 e. The summed E-state index contributed by atoms with van der Waals surface area (Å²) in [5, 5.41) is 0. The molecule has 1 fully saturated rings. The lowest BCUT2D eigenvalue weighted by atomic mass is 10.0. The Kier molecular flexibility index (Phi) is 6.32. The Labute approximate surface area is 94.5 Å². The standard InChI is InChI=1S/C10H19IO2/c1-2-3-4-9-10(5-6-11)13-8-7-12-9/h9-10H,2-8H2,1H3. The lowest BCUT2D eigenvalue weighted by Crippen LogP contribution is -2.38. The second-order valence-corrected chi connectivity index (χ2v) is 4.52. The molecule has 0 saturated carbocycles. The molecular formula is C10H19IO2. The second kappa shape index (κ2) is 7.01. The van der Waals surface area contributed by atoms with Crippen LogP contribution in [0.5, 0.6) is 0 Å². The average molecular weight is 298 g/mol. The normalized spacial score (nSPS) is 29.1. The average Bonchev–Trinajstić information content (AvgIpc) is 2.17. The van der Waals surface area contributed by atoms with Crippen LogP contribution >= 0.6 is 22.6 Å². The van der Waals surface area contributed by atoms with Crippen LogP contribution in [0.15, 0.2) is 0 Å². The van der Waals surface area contributed by atoms with Gasteiger partial charge in [0, 0.05) is 4.43 Å². The molecule has 2 atom stereocenters. The van der Waals surface area contributed by atoms with E-state index in [1.165, 1.54) is 12.8 Å². The number of hydrogen-bond acceptors (Lipinski definition) is 2. The van der Waals surface area contributed by atoms with Crippen LogP contribution in [0.2, 0.25) is 0 Å². The maximum absolute atomic E-state index is 5.72. The summed E-state index contributed by atoms with van der Waals surface area (Å²) in [6.07, 6.45) is 5.52. The zero-order valence-corrected chi connectivity index (χ0v) is 10.5. The van der Waals surface area contributed by atoms with Gasteiger partial charge < -0.3 is 9.47 Å². The highest BCUT2D eigenvalue weighted by molar-refractivity contribution is 14.1. The van der Waals surface area contributed by atoms with Gasteiger partial charge in [-0.2, -0.15) is 0 Å². The van der Waals surface area contributed by atoms with Crippen molar-refractivity contribution in [3.8, 4) is 0 Å². The van der Waals surface area contributed by atoms with Crippen molar-refractivity contribution in [2.45, 2.75) is 44.8 Å². The van der Waals surface area contributed by atoms with Crippen LogP contribution in [-0.2, 0) is 9.47 Å². The van der Waals surface area contributed by atoms with Gasteiger partial charge in [-0.25, -0.2) is 0 Å². The fourth-order valence-corrected chi connectivity index (χ4v) is 2.28. The molecule has 0 aromatic rings. The Morgan fingerprint density at radius 2 is 1.77 bits per heavy atom. The van der Waals surface area contributed by atoms with E-state index in [2.05, 4.69) is 29.5 Å². The minimum absolute atomic E-state index is 0.359. The van der Waals surface area contributed by atoms with E-state index in [0.717, 1.165) is 30.5 Å². The molecule has 1 heterocycles. The van der Waals surface area contributed by atoms with Crippen LogP contribution in [0.3, 0.4) is 0 Å². The molecule has 0 aromatic carbocycles. The first kappa shape index (κ1) is 11.7. The molecule has 0 N–H and O–H groups in total. The molecule has 78 valence electrons. The van der Waals surface area contributed by atoms with E-state index in [-0.39, 0.29) is 0 Å². The van der Waals surface area contributed by atoms with Crippen molar-refractivity contribution in [2.24, 2.45) is 0 Å². The van der Waals surface area contributed by atoms with E-state index in [1.54, 1.807) is 0 Å². The summed E-state index contributed by atoms with van der Waals surface area (Å²) in [4.78, 5) is 0. The molecule has 1 rings (SSSR count). The van der Waals surface area contributed by atoms with Crippen molar-refractivity contribution in [1.29, 1.82) is 0 Å². The molecule has 2 nitrogen and oxygen atoms in total. The van der Waals surface area contributed by atoms with E-state index in [1.807, 2.05) is 0 Å². The Hall–Kier alpha value is 0.650. The minimum atomic E-state index is 0.359. The molecule has 1 aliphatic heterocycles. The zero-order chi connectivity index (χ0) is 9.52. The molecule has 2 unspecified atom stereocenters. The Bertz CT molecular complexity index is 128. The maximum atomic E-state index is 5.72. The summed E-state index contributed by atoms with van der Waals surface area (Å²) in [6.45, 7) is 3.78. The Balaban J connectivity index is 2.28. The highest BCUT2D eigenvalue weighted by atomic mass is 127. The van der Waals surface area contributed by atoms with Crippen LogP contribution in [0.25, 0.3) is 0 Å². The van der Waals surface area contributed by atoms with Crippen molar-refractivity contribution in [1.82, 2.24) is 0 Å². The van der Waals surface area contributed by atoms with Crippen molar-refractivity contribution >= 4 is 22.6 Å².